The number of hydrogen-bond donors (Lipinski definition) is 3. The first kappa shape index (κ1) is 21.6. The van der Waals surface area contributed by atoms with Crippen molar-refractivity contribution in [1.82, 2.24) is 15.4 Å². The predicted octanol–water partition coefficient (Wildman–Crippen LogP) is 1.53. The molecule has 0 saturated heterocycles. The Labute approximate surface area is 154 Å². The summed E-state index contributed by atoms with van der Waals surface area (Å²) < 4.78 is 24.3. The normalized spacial score (nSPS) is 11.9. The fourth-order valence-corrected chi connectivity index (χ4v) is 3.06. The first-order valence-corrected chi connectivity index (χ1v) is 9.62. The van der Waals surface area contributed by atoms with Crippen LogP contribution < -0.4 is 15.4 Å². The van der Waals surface area contributed by atoms with Crippen molar-refractivity contribution in [1.29, 1.82) is 0 Å². The average molecular weight is 460 g/mol. The molecule has 0 aromatic carbocycles. The number of aryl methyl sites for hydroxylation is 1. The highest BCUT2D eigenvalue weighted by Gasteiger charge is 2.02. The molecule has 0 bridgehead atoms. The molecule has 1 aromatic rings. The molecular weight excluding hydrogens is 435 g/mol. The van der Waals surface area contributed by atoms with Gasteiger partial charge >= 0.3 is 0 Å². The second-order valence-electron chi connectivity index (χ2n) is 4.59. The van der Waals surface area contributed by atoms with Gasteiger partial charge in [-0.15, -0.1) is 35.3 Å². The Morgan fingerprint density at radius 3 is 2.45 bits per heavy atom. The average Bonchev–Trinajstić information content (AvgIpc) is 2.88. The van der Waals surface area contributed by atoms with Crippen LogP contribution in [0.4, 0.5) is 0 Å². The first-order chi connectivity index (χ1) is 9.94. The molecule has 0 fully saturated rings. The van der Waals surface area contributed by atoms with Crippen LogP contribution in [0.2, 0.25) is 0 Å². The quantitative estimate of drug-likeness (QED) is 0.238. The SMILES string of the molecule is CCc1ccc(CNC(=NC)NCCCNS(C)(=O)=O)s1.I. The van der Waals surface area contributed by atoms with Gasteiger partial charge in [0, 0.05) is 29.9 Å². The van der Waals surface area contributed by atoms with Crippen molar-refractivity contribution < 1.29 is 8.42 Å². The number of rotatable bonds is 8. The van der Waals surface area contributed by atoms with E-state index in [9.17, 15) is 8.42 Å². The highest BCUT2D eigenvalue weighted by Crippen LogP contribution is 2.16. The van der Waals surface area contributed by atoms with Gasteiger partial charge in [0.2, 0.25) is 10.0 Å². The summed E-state index contributed by atoms with van der Waals surface area (Å²) in [5.41, 5.74) is 0. The van der Waals surface area contributed by atoms with E-state index in [2.05, 4.69) is 39.4 Å². The summed E-state index contributed by atoms with van der Waals surface area (Å²) in [6.45, 7) is 3.97. The lowest BCUT2D eigenvalue weighted by Crippen LogP contribution is -2.38. The molecular formula is C13H25IN4O2S2. The number of sulfonamides is 1. The monoisotopic (exact) mass is 460 g/mol. The van der Waals surface area contributed by atoms with Gasteiger partial charge in [-0.25, -0.2) is 13.1 Å². The van der Waals surface area contributed by atoms with Crippen molar-refractivity contribution in [2.45, 2.75) is 26.3 Å². The van der Waals surface area contributed by atoms with Gasteiger partial charge in [-0.2, -0.15) is 0 Å². The highest BCUT2D eigenvalue weighted by atomic mass is 127. The molecule has 0 unspecified atom stereocenters. The summed E-state index contributed by atoms with van der Waals surface area (Å²) in [6.07, 6.45) is 2.92. The van der Waals surface area contributed by atoms with E-state index < -0.39 is 10.0 Å². The fourth-order valence-electron chi connectivity index (χ4n) is 1.65. The molecule has 9 heteroatoms. The molecule has 1 aromatic heterocycles. The largest absolute Gasteiger partial charge is 0.356 e. The smallest absolute Gasteiger partial charge is 0.208 e. The molecule has 128 valence electrons. The van der Waals surface area contributed by atoms with E-state index in [1.165, 1.54) is 9.75 Å². The molecule has 0 saturated carbocycles. The van der Waals surface area contributed by atoms with Crippen LogP contribution in [0.1, 0.15) is 23.1 Å². The zero-order chi connectivity index (χ0) is 15.7. The van der Waals surface area contributed by atoms with E-state index in [4.69, 9.17) is 0 Å². The zero-order valence-electron chi connectivity index (χ0n) is 13.2. The fraction of sp³-hybridized carbons (Fsp3) is 0.615. The third-order valence-corrected chi connectivity index (χ3v) is 4.69. The van der Waals surface area contributed by atoms with Gasteiger partial charge in [-0.1, -0.05) is 6.92 Å². The molecule has 0 atom stereocenters. The van der Waals surface area contributed by atoms with E-state index in [0.29, 0.717) is 19.5 Å². The van der Waals surface area contributed by atoms with Crippen molar-refractivity contribution in [3.63, 3.8) is 0 Å². The van der Waals surface area contributed by atoms with Crippen LogP contribution in [-0.4, -0.2) is 40.8 Å². The van der Waals surface area contributed by atoms with E-state index >= 15 is 0 Å². The predicted molar refractivity (Wildman–Crippen MR) is 105 cm³/mol. The summed E-state index contributed by atoms with van der Waals surface area (Å²) in [6, 6.07) is 4.27. The molecule has 1 rings (SSSR count). The minimum atomic E-state index is -3.10. The summed E-state index contributed by atoms with van der Waals surface area (Å²) in [5.74, 6) is 0.723. The summed E-state index contributed by atoms with van der Waals surface area (Å²) >= 11 is 1.80. The van der Waals surface area contributed by atoms with Gasteiger partial charge in [0.1, 0.15) is 0 Å². The molecule has 6 nitrogen and oxygen atoms in total. The lowest BCUT2D eigenvalue weighted by molar-refractivity contribution is 0.584. The second-order valence-corrected chi connectivity index (χ2v) is 7.68. The Hall–Kier alpha value is -0.390. The van der Waals surface area contributed by atoms with Crippen molar-refractivity contribution in [2.24, 2.45) is 4.99 Å². The van der Waals surface area contributed by atoms with Crippen LogP contribution in [0.3, 0.4) is 0 Å². The number of hydrogen-bond acceptors (Lipinski definition) is 4. The van der Waals surface area contributed by atoms with Gasteiger partial charge in [0.25, 0.3) is 0 Å². The summed E-state index contributed by atoms with van der Waals surface area (Å²) in [5, 5.41) is 6.40. The van der Waals surface area contributed by atoms with Crippen molar-refractivity contribution in [3.8, 4) is 0 Å². The first-order valence-electron chi connectivity index (χ1n) is 6.91. The number of halogens is 1. The lowest BCUT2D eigenvalue weighted by atomic mass is 10.3. The maximum Gasteiger partial charge on any atom is 0.208 e. The van der Waals surface area contributed by atoms with E-state index in [-0.39, 0.29) is 24.0 Å². The van der Waals surface area contributed by atoms with Crippen LogP contribution in [-0.2, 0) is 23.0 Å². The highest BCUT2D eigenvalue weighted by molar-refractivity contribution is 14.0. The van der Waals surface area contributed by atoms with Gasteiger partial charge in [0.15, 0.2) is 5.96 Å². The molecule has 0 radical (unpaired) electrons. The van der Waals surface area contributed by atoms with Crippen LogP contribution >= 0.6 is 35.3 Å². The van der Waals surface area contributed by atoms with Gasteiger partial charge in [-0.05, 0) is 25.0 Å². The zero-order valence-corrected chi connectivity index (χ0v) is 17.1. The molecule has 0 aliphatic heterocycles. The van der Waals surface area contributed by atoms with Crippen molar-refractivity contribution in [2.75, 3.05) is 26.4 Å². The molecule has 0 aliphatic carbocycles. The van der Waals surface area contributed by atoms with Gasteiger partial charge < -0.3 is 10.6 Å². The van der Waals surface area contributed by atoms with Crippen LogP contribution in [0.15, 0.2) is 17.1 Å². The Kier molecular flexibility index (Phi) is 11.0. The van der Waals surface area contributed by atoms with E-state index in [1.807, 2.05) is 0 Å². The van der Waals surface area contributed by atoms with E-state index in [1.54, 1.807) is 18.4 Å². The maximum atomic E-state index is 10.9. The van der Waals surface area contributed by atoms with Gasteiger partial charge in [-0.3, -0.25) is 4.99 Å². The Bertz CT molecular complexity index is 558. The number of aliphatic imine (C=N–C) groups is 1. The molecule has 0 spiro atoms. The maximum absolute atomic E-state index is 10.9. The summed E-state index contributed by atoms with van der Waals surface area (Å²) in [4.78, 5) is 6.79. The third-order valence-electron chi connectivity index (χ3n) is 2.73. The molecule has 0 aliphatic rings. The molecule has 0 amide bonds. The number of nitrogens with one attached hydrogen (secondary N) is 3. The van der Waals surface area contributed by atoms with E-state index in [0.717, 1.165) is 25.2 Å². The third kappa shape index (κ3) is 9.59. The Balaban J connectivity index is 0.00000441. The molecule has 1 heterocycles. The van der Waals surface area contributed by atoms with Crippen molar-refractivity contribution in [3.05, 3.63) is 21.9 Å². The minimum Gasteiger partial charge on any atom is -0.356 e. The molecule has 22 heavy (non-hydrogen) atoms. The van der Waals surface area contributed by atoms with Gasteiger partial charge in [0.05, 0.1) is 12.8 Å². The topological polar surface area (TPSA) is 82.6 Å². The standard InChI is InChI=1S/C13H24N4O2S2.HI/c1-4-11-6-7-12(20-11)10-16-13(14-2)15-8-5-9-17-21(3,18)19;/h6-7,17H,4-5,8-10H2,1-3H3,(H2,14,15,16);1H. The van der Waals surface area contributed by atoms with Crippen LogP contribution in [0.5, 0.6) is 0 Å². The number of guanidine groups is 1. The Morgan fingerprint density at radius 1 is 1.23 bits per heavy atom. The minimum absolute atomic E-state index is 0. The lowest BCUT2D eigenvalue weighted by Gasteiger charge is -2.11. The van der Waals surface area contributed by atoms with Crippen molar-refractivity contribution >= 4 is 51.3 Å². The van der Waals surface area contributed by atoms with Crippen LogP contribution in [0, 0.1) is 0 Å². The number of nitrogens with zero attached hydrogens (tertiary/aromatic N) is 1. The van der Waals surface area contributed by atoms with Crippen LogP contribution in [0.25, 0.3) is 0 Å². The number of thiophene rings is 1. The summed E-state index contributed by atoms with van der Waals surface area (Å²) in [7, 11) is -1.38. The Morgan fingerprint density at radius 2 is 1.91 bits per heavy atom. The molecule has 3 N–H and O–H groups in total. The second kappa shape index (κ2) is 11.2.